The molecule has 2 aromatic heterocycles. The van der Waals surface area contributed by atoms with E-state index in [0.29, 0.717) is 5.28 Å². The van der Waals surface area contributed by atoms with Crippen LogP contribution in [0.5, 0.6) is 0 Å². The van der Waals surface area contributed by atoms with Crippen LogP contribution in [0.2, 0.25) is 5.28 Å². The lowest BCUT2D eigenvalue weighted by molar-refractivity contribution is 0.198. The number of ether oxygens (including phenoxy) is 1. The van der Waals surface area contributed by atoms with Crippen LogP contribution in [0.1, 0.15) is 30.2 Å². The molecule has 0 fully saturated rings. The van der Waals surface area contributed by atoms with Gasteiger partial charge in [0.1, 0.15) is 10.6 Å². The summed E-state index contributed by atoms with van der Waals surface area (Å²) in [6.07, 6.45) is 4.46. The quantitative estimate of drug-likeness (QED) is 0.668. The molecule has 2 heterocycles. The molecule has 0 bridgehead atoms. The van der Waals surface area contributed by atoms with Gasteiger partial charge in [0.05, 0.1) is 5.39 Å². The third-order valence-corrected chi connectivity index (χ3v) is 5.26. The molecule has 1 aliphatic rings. The van der Waals surface area contributed by atoms with Gasteiger partial charge in [-0.15, -0.1) is 11.3 Å². The number of rotatable bonds is 5. The van der Waals surface area contributed by atoms with Crippen molar-refractivity contribution in [1.29, 1.82) is 0 Å². The number of anilines is 1. The molecule has 0 spiro atoms. The molecule has 0 saturated heterocycles. The summed E-state index contributed by atoms with van der Waals surface area (Å²) in [4.78, 5) is 11.3. The molecular weight excluding hydrogens is 306 g/mol. The second-order valence-corrected chi connectivity index (χ2v) is 7.07. The van der Waals surface area contributed by atoms with Crippen LogP contribution < -0.4 is 5.32 Å². The fourth-order valence-electron chi connectivity index (χ4n) is 2.87. The second-order valence-electron chi connectivity index (χ2n) is 5.65. The Bertz CT molecular complexity index is 643. The highest BCUT2D eigenvalue weighted by atomic mass is 35.5. The lowest BCUT2D eigenvalue weighted by Crippen LogP contribution is -2.10. The first-order valence-corrected chi connectivity index (χ1v) is 8.59. The number of nitrogens with zero attached hydrogens (tertiary/aromatic N) is 2. The molecule has 3 rings (SSSR count). The third kappa shape index (κ3) is 3.15. The summed E-state index contributed by atoms with van der Waals surface area (Å²) in [5.41, 5.74) is 1.43. The minimum Gasteiger partial charge on any atom is -0.385 e. The van der Waals surface area contributed by atoms with Crippen LogP contribution in [0, 0.1) is 5.92 Å². The number of thiophene rings is 1. The normalized spacial score (nSPS) is 18.0. The predicted octanol–water partition coefficient (Wildman–Crippen LogP) is 3.92. The van der Waals surface area contributed by atoms with Gasteiger partial charge < -0.3 is 10.1 Å². The van der Waals surface area contributed by atoms with Gasteiger partial charge in [0.2, 0.25) is 5.28 Å². The minimum absolute atomic E-state index is 0.323. The first-order chi connectivity index (χ1) is 10.2. The lowest BCUT2D eigenvalue weighted by Gasteiger charge is -2.18. The molecule has 0 radical (unpaired) electrons. The molecule has 21 heavy (non-hydrogen) atoms. The van der Waals surface area contributed by atoms with E-state index in [9.17, 15) is 0 Å². The van der Waals surface area contributed by atoms with Gasteiger partial charge in [-0.1, -0.05) is 6.92 Å². The van der Waals surface area contributed by atoms with Gasteiger partial charge in [-0.3, -0.25) is 0 Å². The average Bonchev–Trinajstić information content (AvgIpc) is 2.80. The highest BCUT2D eigenvalue weighted by Gasteiger charge is 2.23. The van der Waals surface area contributed by atoms with Crippen LogP contribution in [0.4, 0.5) is 5.82 Å². The van der Waals surface area contributed by atoms with Crippen molar-refractivity contribution in [2.75, 3.05) is 25.6 Å². The van der Waals surface area contributed by atoms with Crippen LogP contribution in [0.25, 0.3) is 10.2 Å². The van der Waals surface area contributed by atoms with Gasteiger partial charge in [0.25, 0.3) is 0 Å². The maximum Gasteiger partial charge on any atom is 0.225 e. The number of hydrogen-bond donors (Lipinski definition) is 1. The molecule has 0 aliphatic heterocycles. The van der Waals surface area contributed by atoms with Gasteiger partial charge >= 0.3 is 0 Å². The SMILES string of the molecule is COCCCNc1nc(Cl)nc2sc3c(c12)CCC(C)C3. The van der Waals surface area contributed by atoms with Crippen LogP contribution in [-0.4, -0.2) is 30.2 Å². The van der Waals surface area contributed by atoms with E-state index >= 15 is 0 Å². The van der Waals surface area contributed by atoms with E-state index in [4.69, 9.17) is 16.3 Å². The first-order valence-electron chi connectivity index (χ1n) is 7.39. The summed E-state index contributed by atoms with van der Waals surface area (Å²) in [7, 11) is 1.72. The fraction of sp³-hybridized carbons (Fsp3) is 0.600. The van der Waals surface area contributed by atoms with Crippen molar-refractivity contribution in [2.45, 2.75) is 32.6 Å². The van der Waals surface area contributed by atoms with Gasteiger partial charge in [-0.05, 0) is 48.8 Å². The molecule has 0 aromatic carbocycles. The molecule has 6 heteroatoms. The van der Waals surface area contributed by atoms with E-state index in [1.807, 2.05) is 0 Å². The smallest absolute Gasteiger partial charge is 0.225 e. The summed E-state index contributed by atoms with van der Waals surface area (Å²) < 4.78 is 5.08. The summed E-state index contributed by atoms with van der Waals surface area (Å²) in [5.74, 6) is 1.64. The van der Waals surface area contributed by atoms with E-state index in [1.54, 1.807) is 18.4 Å². The maximum absolute atomic E-state index is 6.08. The Morgan fingerprint density at radius 1 is 1.43 bits per heavy atom. The zero-order valence-corrected chi connectivity index (χ0v) is 14.0. The van der Waals surface area contributed by atoms with Crippen molar-refractivity contribution in [2.24, 2.45) is 5.92 Å². The highest BCUT2D eigenvalue weighted by Crippen LogP contribution is 2.40. The number of nitrogens with one attached hydrogen (secondary N) is 1. The van der Waals surface area contributed by atoms with Crippen LogP contribution >= 0.6 is 22.9 Å². The van der Waals surface area contributed by atoms with E-state index in [2.05, 4.69) is 22.2 Å². The number of fused-ring (bicyclic) bond motifs is 3. The molecule has 0 saturated carbocycles. The topological polar surface area (TPSA) is 47.0 Å². The predicted molar refractivity (Wildman–Crippen MR) is 88.6 cm³/mol. The van der Waals surface area contributed by atoms with E-state index in [-0.39, 0.29) is 0 Å². The fourth-order valence-corrected chi connectivity index (χ4v) is 4.47. The summed E-state index contributed by atoms with van der Waals surface area (Å²) in [6.45, 7) is 3.89. The molecule has 4 nitrogen and oxygen atoms in total. The Hall–Kier alpha value is -0.910. The Balaban J connectivity index is 1.94. The second kappa shape index (κ2) is 6.46. The number of halogens is 1. The average molecular weight is 326 g/mol. The molecule has 1 N–H and O–H groups in total. The van der Waals surface area contributed by atoms with Crippen LogP contribution in [-0.2, 0) is 17.6 Å². The summed E-state index contributed by atoms with van der Waals surface area (Å²) in [6, 6.07) is 0. The number of methoxy groups -OCH3 is 1. The summed E-state index contributed by atoms with van der Waals surface area (Å²) in [5, 5.41) is 4.91. The first kappa shape index (κ1) is 15.0. The van der Waals surface area contributed by atoms with Crippen LogP contribution in [0.3, 0.4) is 0 Å². The Labute approximate surface area is 133 Å². The van der Waals surface area contributed by atoms with Gasteiger partial charge in [-0.2, -0.15) is 0 Å². The monoisotopic (exact) mass is 325 g/mol. The maximum atomic E-state index is 6.08. The summed E-state index contributed by atoms with van der Waals surface area (Å²) >= 11 is 7.85. The third-order valence-electron chi connectivity index (χ3n) is 3.95. The van der Waals surface area contributed by atoms with E-state index in [0.717, 1.165) is 49.0 Å². The lowest BCUT2D eigenvalue weighted by atomic mass is 9.89. The van der Waals surface area contributed by atoms with E-state index < -0.39 is 0 Å². The number of hydrogen-bond acceptors (Lipinski definition) is 5. The van der Waals surface area contributed by atoms with Crippen molar-refractivity contribution >= 4 is 39.0 Å². The number of aryl methyl sites for hydroxylation is 1. The zero-order chi connectivity index (χ0) is 14.8. The van der Waals surface area contributed by atoms with Gasteiger partial charge in [0, 0.05) is 25.1 Å². The van der Waals surface area contributed by atoms with Crippen LogP contribution in [0.15, 0.2) is 0 Å². The molecule has 1 aliphatic carbocycles. The van der Waals surface area contributed by atoms with Crippen molar-refractivity contribution in [3.8, 4) is 0 Å². The Morgan fingerprint density at radius 3 is 3.10 bits per heavy atom. The Morgan fingerprint density at radius 2 is 2.29 bits per heavy atom. The zero-order valence-electron chi connectivity index (χ0n) is 12.4. The van der Waals surface area contributed by atoms with Crippen molar-refractivity contribution < 1.29 is 4.74 Å². The van der Waals surface area contributed by atoms with E-state index in [1.165, 1.54) is 22.2 Å². The van der Waals surface area contributed by atoms with Crippen molar-refractivity contribution in [3.63, 3.8) is 0 Å². The highest BCUT2D eigenvalue weighted by molar-refractivity contribution is 7.19. The van der Waals surface area contributed by atoms with Gasteiger partial charge in [-0.25, -0.2) is 9.97 Å². The Kier molecular flexibility index (Phi) is 4.62. The standard InChI is InChI=1S/C15H20ClN3OS/c1-9-4-5-10-11(8-9)21-14-12(10)13(18-15(16)19-14)17-6-3-7-20-2/h9H,3-8H2,1-2H3,(H,17,18,19). The van der Waals surface area contributed by atoms with Gasteiger partial charge in [0.15, 0.2) is 0 Å². The molecular formula is C15H20ClN3OS. The van der Waals surface area contributed by atoms with Crippen molar-refractivity contribution in [3.05, 3.63) is 15.7 Å². The molecule has 0 amide bonds. The molecule has 1 unspecified atom stereocenters. The molecule has 2 aromatic rings. The molecule has 1 atom stereocenters. The number of aromatic nitrogens is 2. The minimum atomic E-state index is 0.323. The van der Waals surface area contributed by atoms with Crippen molar-refractivity contribution in [1.82, 2.24) is 9.97 Å². The largest absolute Gasteiger partial charge is 0.385 e. The molecule has 114 valence electrons.